The van der Waals surface area contributed by atoms with E-state index in [9.17, 15) is 5.11 Å². The van der Waals surface area contributed by atoms with Crippen LogP contribution in [-0.4, -0.2) is 22.6 Å². The van der Waals surface area contributed by atoms with Crippen LogP contribution in [0.15, 0.2) is 27.6 Å². The van der Waals surface area contributed by atoms with Crippen molar-refractivity contribution in [1.82, 2.24) is 0 Å². The highest BCUT2D eigenvalue weighted by Gasteiger charge is 2.06. The second kappa shape index (κ2) is 5.75. The molecule has 0 bridgehead atoms. The maximum absolute atomic E-state index is 9.39. The van der Waals surface area contributed by atoms with Gasteiger partial charge in [-0.3, -0.25) is 0 Å². The van der Waals surface area contributed by atoms with Gasteiger partial charge in [0.2, 0.25) is 0 Å². The van der Waals surface area contributed by atoms with Crippen LogP contribution in [-0.2, 0) is 0 Å². The first-order valence-corrected chi connectivity index (χ1v) is 6.14. The summed E-state index contributed by atoms with van der Waals surface area (Å²) in [6.07, 6.45) is -0.457. The Labute approximate surface area is 96.5 Å². The summed E-state index contributed by atoms with van der Waals surface area (Å²) >= 11 is 5.00. The van der Waals surface area contributed by atoms with E-state index in [0.29, 0.717) is 5.75 Å². The summed E-state index contributed by atoms with van der Waals surface area (Å²) in [6, 6.07) is 5.81. The van der Waals surface area contributed by atoms with Gasteiger partial charge in [-0.2, -0.15) is 0 Å². The van der Waals surface area contributed by atoms with E-state index in [0.717, 1.165) is 14.9 Å². The molecule has 0 spiro atoms. The van der Waals surface area contributed by atoms with Crippen LogP contribution >= 0.6 is 27.7 Å². The molecule has 0 saturated carbocycles. The third-order valence-corrected chi connectivity index (χ3v) is 3.44. The molecule has 0 amide bonds. The molecule has 0 aliphatic rings. The average Bonchev–Trinajstić information content (AvgIpc) is 2.14. The quantitative estimate of drug-likeness (QED) is 0.831. The van der Waals surface area contributed by atoms with Gasteiger partial charge in [-0.15, -0.1) is 11.8 Å². The number of rotatable bonds is 4. The van der Waals surface area contributed by atoms with Crippen molar-refractivity contribution in [3.63, 3.8) is 0 Å². The second-order valence-electron chi connectivity index (χ2n) is 2.93. The number of benzene rings is 1. The van der Waals surface area contributed by atoms with Crippen LogP contribution in [0.25, 0.3) is 0 Å². The molecule has 1 atom stereocenters. The minimum Gasteiger partial charge on any atom is -0.396 e. The van der Waals surface area contributed by atoms with Gasteiger partial charge in [-0.05, 0) is 24.6 Å². The standard InChI is InChI=1S/C10H13BrO2S/c1-7(13)9-3-2-8(6-10(9)11)14-5-4-12/h2-3,6-7,12-13H,4-5H2,1H3/t7-/m1/s1. The van der Waals surface area contributed by atoms with Crippen molar-refractivity contribution in [2.75, 3.05) is 12.4 Å². The van der Waals surface area contributed by atoms with Gasteiger partial charge in [0.15, 0.2) is 0 Å². The molecule has 4 heteroatoms. The fraction of sp³-hybridized carbons (Fsp3) is 0.400. The minimum atomic E-state index is -0.457. The lowest BCUT2D eigenvalue weighted by Crippen LogP contribution is -1.93. The molecule has 2 N–H and O–H groups in total. The fourth-order valence-electron chi connectivity index (χ4n) is 1.10. The summed E-state index contributed by atoms with van der Waals surface area (Å²) in [5.74, 6) is 0.695. The Hall–Kier alpha value is -0.0300. The van der Waals surface area contributed by atoms with Crippen LogP contribution in [0.2, 0.25) is 0 Å². The van der Waals surface area contributed by atoms with Gasteiger partial charge < -0.3 is 10.2 Å². The number of aliphatic hydroxyl groups excluding tert-OH is 2. The molecule has 1 rings (SSSR count). The van der Waals surface area contributed by atoms with E-state index in [4.69, 9.17) is 5.11 Å². The lowest BCUT2D eigenvalue weighted by Gasteiger charge is -2.08. The molecule has 0 radical (unpaired) electrons. The van der Waals surface area contributed by atoms with Crippen molar-refractivity contribution < 1.29 is 10.2 Å². The predicted octanol–water partition coefficient (Wildman–Crippen LogP) is 2.59. The van der Waals surface area contributed by atoms with Gasteiger partial charge in [0.25, 0.3) is 0 Å². The van der Waals surface area contributed by atoms with Crippen molar-refractivity contribution in [2.45, 2.75) is 17.9 Å². The van der Waals surface area contributed by atoms with Gasteiger partial charge in [0.05, 0.1) is 12.7 Å². The molecule has 2 nitrogen and oxygen atoms in total. The minimum absolute atomic E-state index is 0.181. The molecule has 1 aromatic carbocycles. The van der Waals surface area contributed by atoms with E-state index in [-0.39, 0.29) is 6.61 Å². The Morgan fingerprint density at radius 1 is 1.50 bits per heavy atom. The highest BCUT2D eigenvalue weighted by atomic mass is 79.9. The van der Waals surface area contributed by atoms with E-state index in [1.54, 1.807) is 18.7 Å². The Kier molecular flexibility index (Phi) is 4.95. The van der Waals surface area contributed by atoms with E-state index in [1.807, 2.05) is 18.2 Å². The van der Waals surface area contributed by atoms with Crippen LogP contribution in [0, 0.1) is 0 Å². The molecule has 0 heterocycles. The van der Waals surface area contributed by atoms with Crippen LogP contribution in [0.5, 0.6) is 0 Å². The molecule has 0 fully saturated rings. The zero-order valence-corrected chi connectivity index (χ0v) is 10.3. The average molecular weight is 277 g/mol. The summed E-state index contributed by atoms with van der Waals surface area (Å²) in [6.45, 7) is 1.92. The Morgan fingerprint density at radius 2 is 2.21 bits per heavy atom. The molecule has 0 aliphatic carbocycles. The summed E-state index contributed by atoms with van der Waals surface area (Å²) < 4.78 is 0.912. The number of thioether (sulfide) groups is 1. The molecular formula is C10H13BrO2S. The second-order valence-corrected chi connectivity index (χ2v) is 4.95. The van der Waals surface area contributed by atoms with E-state index in [1.165, 1.54) is 0 Å². The number of aliphatic hydroxyl groups is 2. The van der Waals surface area contributed by atoms with Crippen molar-refractivity contribution in [1.29, 1.82) is 0 Å². The lowest BCUT2D eigenvalue weighted by molar-refractivity contribution is 0.198. The molecule has 0 aliphatic heterocycles. The first kappa shape index (κ1) is 12.0. The van der Waals surface area contributed by atoms with Crippen molar-refractivity contribution >= 4 is 27.7 Å². The maximum atomic E-state index is 9.39. The topological polar surface area (TPSA) is 40.5 Å². The third-order valence-electron chi connectivity index (χ3n) is 1.78. The Morgan fingerprint density at radius 3 is 2.71 bits per heavy atom. The van der Waals surface area contributed by atoms with E-state index >= 15 is 0 Å². The molecule has 0 aromatic heterocycles. The monoisotopic (exact) mass is 276 g/mol. The van der Waals surface area contributed by atoms with E-state index < -0.39 is 6.10 Å². The molecular weight excluding hydrogens is 264 g/mol. The number of hydrogen-bond acceptors (Lipinski definition) is 3. The van der Waals surface area contributed by atoms with Gasteiger partial charge in [0.1, 0.15) is 0 Å². The summed E-state index contributed by atoms with van der Waals surface area (Å²) in [5, 5.41) is 18.1. The van der Waals surface area contributed by atoms with Gasteiger partial charge in [-0.25, -0.2) is 0 Å². The lowest BCUT2D eigenvalue weighted by atomic mass is 10.1. The first-order valence-electron chi connectivity index (χ1n) is 4.36. The van der Waals surface area contributed by atoms with Gasteiger partial charge in [0, 0.05) is 15.1 Å². The van der Waals surface area contributed by atoms with Crippen molar-refractivity contribution in [2.24, 2.45) is 0 Å². The molecule has 1 aromatic rings. The normalized spacial score (nSPS) is 12.9. The fourth-order valence-corrected chi connectivity index (χ4v) is 2.65. The molecule has 0 unspecified atom stereocenters. The van der Waals surface area contributed by atoms with Crippen LogP contribution in [0.4, 0.5) is 0 Å². The third kappa shape index (κ3) is 3.28. The zero-order valence-electron chi connectivity index (χ0n) is 7.90. The highest BCUT2D eigenvalue weighted by Crippen LogP contribution is 2.28. The Balaban J connectivity index is 2.78. The first-order chi connectivity index (χ1) is 6.65. The van der Waals surface area contributed by atoms with Crippen molar-refractivity contribution in [3.05, 3.63) is 28.2 Å². The Bertz CT molecular complexity index is 302. The summed E-state index contributed by atoms with van der Waals surface area (Å²) in [4.78, 5) is 1.09. The maximum Gasteiger partial charge on any atom is 0.0772 e. The van der Waals surface area contributed by atoms with Gasteiger partial charge >= 0.3 is 0 Å². The van der Waals surface area contributed by atoms with Crippen LogP contribution < -0.4 is 0 Å². The van der Waals surface area contributed by atoms with E-state index in [2.05, 4.69) is 15.9 Å². The van der Waals surface area contributed by atoms with Crippen LogP contribution in [0.3, 0.4) is 0 Å². The smallest absolute Gasteiger partial charge is 0.0772 e. The molecule has 0 saturated heterocycles. The zero-order chi connectivity index (χ0) is 10.6. The van der Waals surface area contributed by atoms with Crippen molar-refractivity contribution in [3.8, 4) is 0 Å². The molecule has 78 valence electrons. The number of halogens is 1. The highest BCUT2D eigenvalue weighted by molar-refractivity contribution is 9.10. The predicted molar refractivity (Wildman–Crippen MR) is 62.6 cm³/mol. The number of hydrogen-bond donors (Lipinski definition) is 2. The molecule has 14 heavy (non-hydrogen) atoms. The summed E-state index contributed by atoms with van der Waals surface area (Å²) in [5.41, 5.74) is 0.887. The summed E-state index contributed by atoms with van der Waals surface area (Å²) in [7, 11) is 0. The van der Waals surface area contributed by atoms with Crippen LogP contribution in [0.1, 0.15) is 18.6 Å². The SMILES string of the molecule is C[C@@H](O)c1ccc(SCCO)cc1Br. The van der Waals surface area contributed by atoms with Gasteiger partial charge in [-0.1, -0.05) is 22.0 Å². The largest absolute Gasteiger partial charge is 0.396 e.